The number of rotatable bonds is 7. The van der Waals surface area contributed by atoms with E-state index in [4.69, 9.17) is 4.74 Å². The van der Waals surface area contributed by atoms with Crippen molar-refractivity contribution < 1.29 is 9.53 Å². The second-order valence-electron chi connectivity index (χ2n) is 5.62. The predicted octanol–water partition coefficient (Wildman–Crippen LogP) is 2.83. The van der Waals surface area contributed by atoms with Crippen LogP contribution in [0.15, 0.2) is 12.4 Å². The quantitative estimate of drug-likeness (QED) is 0.835. The lowest BCUT2D eigenvalue weighted by atomic mass is 10.0. The van der Waals surface area contributed by atoms with Gasteiger partial charge in [-0.15, -0.1) is 0 Å². The van der Waals surface area contributed by atoms with Crippen LogP contribution in [0.3, 0.4) is 0 Å². The van der Waals surface area contributed by atoms with Gasteiger partial charge in [-0.05, 0) is 19.3 Å². The van der Waals surface area contributed by atoms with Crippen molar-refractivity contribution in [1.82, 2.24) is 9.78 Å². The summed E-state index contributed by atoms with van der Waals surface area (Å²) in [6, 6.07) is 0. The Balaban J connectivity index is 1.80. The monoisotopic (exact) mass is 279 g/mol. The smallest absolute Gasteiger partial charge is 0.227 e. The number of aromatic nitrogens is 2. The minimum Gasteiger partial charge on any atom is -0.376 e. The molecule has 1 N–H and O–H groups in total. The second kappa shape index (κ2) is 7.43. The average molecular weight is 279 g/mol. The van der Waals surface area contributed by atoms with E-state index in [2.05, 4.69) is 17.3 Å². The molecule has 0 aliphatic carbocycles. The van der Waals surface area contributed by atoms with E-state index in [1.807, 2.05) is 17.8 Å². The molecule has 0 radical (unpaired) electrons. The van der Waals surface area contributed by atoms with Crippen molar-refractivity contribution in [2.24, 2.45) is 5.92 Å². The first-order valence-corrected chi connectivity index (χ1v) is 7.64. The Hall–Kier alpha value is -1.36. The molecule has 2 rings (SSSR count). The molecule has 0 bridgehead atoms. The number of unbranched alkanes of at least 4 members (excludes halogenated alkanes) is 1. The van der Waals surface area contributed by atoms with Gasteiger partial charge < -0.3 is 10.1 Å². The number of anilines is 1. The van der Waals surface area contributed by atoms with Crippen LogP contribution < -0.4 is 5.32 Å². The summed E-state index contributed by atoms with van der Waals surface area (Å²) in [4.78, 5) is 12.0. The van der Waals surface area contributed by atoms with Crippen LogP contribution in [0, 0.1) is 5.92 Å². The minimum absolute atomic E-state index is 0.0523. The fourth-order valence-corrected chi connectivity index (χ4v) is 2.43. The molecule has 1 fully saturated rings. The molecular formula is C15H25N3O2. The van der Waals surface area contributed by atoms with Gasteiger partial charge in [0.2, 0.25) is 5.91 Å². The Morgan fingerprint density at radius 3 is 3.20 bits per heavy atom. The maximum Gasteiger partial charge on any atom is 0.227 e. The molecule has 1 amide bonds. The molecule has 1 aromatic heterocycles. The van der Waals surface area contributed by atoms with E-state index in [9.17, 15) is 4.79 Å². The van der Waals surface area contributed by atoms with Crippen LogP contribution in [0.5, 0.6) is 0 Å². The normalized spacial score (nSPS) is 20.0. The Morgan fingerprint density at radius 1 is 1.65 bits per heavy atom. The van der Waals surface area contributed by atoms with Crippen molar-refractivity contribution in [3.05, 3.63) is 12.4 Å². The summed E-state index contributed by atoms with van der Waals surface area (Å²) in [5.74, 6) is 0.131. The molecule has 0 saturated carbocycles. The highest BCUT2D eigenvalue weighted by Gasteiger charge is 2.17. The molecule has 2 heterocycles. The Labute approximate surface area is 120 Å². The molecule has 0 aromatic carbocycles. The van der Waals surface area contributed by atoms with Gasteiger partial charge >= 0.3 is 0 Å². The Bertz CT molecular complexity index is 425. The molecule has 5 nitrogen and oxygen atoms in total. The van der Waals surface area contributed by atoms with Crippen molar-refractivity contribution in [3.8, 4) is 0 Å². The third-order valence-electron chi connectivity index (χ3n) is 3.75. The molecule has 0 unspecified atom stereocenters. The number of hydrogen-bond acceptors (Lipinski definition) is 3. The number of ether oxygens (including phenoxy) is 1. The molecule has 1 saturated heterocycles. The predicted molar refractivity (Wildman–Crippen MR) is 78.5 cm³/mol. The van der Waals surface area contributed by atoms with Gasteiger partial charge in [-0.25, -0.2) is 0 Å². The molecule has 1 aliphatic heterocycles. The minimum atomic E-state index is 0.0523. The molecule has 5 heteroatoms. The van der Waals surface area contributed by atoms with Crippen molar-refractivity contribution >= 4 is 11.6 Å². The van der Waals surface area contributed by atoms with Crippen LogP contribution in [0.25, 0.3) is 0 Å². The van der Waals surface area contributed by atoms with Crippen molar-refractivity contribution in [1.29, 1.82) is 0 Å². The van der Waals surface area contributed by atoms with E-state index in [0.717, 1.165) is 50.9 Å². The van der Waals surface area contributed by atoms with Crippen molar-refractivity contribution in [2.45, 2.75) is 58.6 Å². The number of amides is 1. The summed E-state index contributed by atoms with van der Waals surface area (Å²) in [6.45, 7) is 5.73. The van der Waals surface area contributed by atoms with E-state index < -0.39 is 0 Å². The second-order valence-corrected chi connectivity index (χ2v) is 5.62. The van der Waals surface area contributed by atoms with Gasteiger partial charge in [-0.3, -0.25) is 9.48 Å². The fraction of sp³-hybridized carbons (Fsp3) is 0.733. The zero-order chi connectivity index (χ0) is 14.4. The van der Waals surface area contributed by atoms with Crippen LogP contribution >= 0.6 is 0 Å². The van der Waals surface area contributed by atoms with E-state index in [0.29, 0.717) is 0 Å². The fourth-order valence-electron chi connectivity index (χ4n) is 2.43. The standard InChI is InChI=1S/C15H25N3O2/c1-3-4-6-12(2)15(19)17-13-9-16-18(10-13)11-14-7-5-8-20-14/h9-10,12,14H,3-8,11H2,1-2H3,(H,17,19)/t12-,14-/m1/s1. The third-order valence-corrected chi connectivity index (χ3v) is 3.75. The molecule has 1 aliphatic rings. The van der Waals surface area contributed by atoms with Gasteiger partial charge in [-0.1, -0.05) is 26.7 Å². The highest BCUT2D eigenvalue weighted by molar-refractivity contribution is 5.91. The zero-order valence-electron chi connectivity index (χ0n) is 12.5. The highest BCUT2D eigenvalue weighted by atomic mass is 16.5. The summed E-state index contributed by atoms with van der Waals surface area (Å²) < 4.78 is 7.43. The molecule has 20 heavy (non-hydrogen) atoms. The van der Waals surface area contributed by atoms with Crippen molar-refractivity contribution in [2.75, 3.05) is 11.9 Å². The average Bonchev–Trinajstić information content (AvgIpc) is 3.08. The van der Waals surface area contributed by atoms with Crippen LogP contribution in [0.4, 0.5) is 5.69 Å². The highest BCUT2D eigenvalue weighted by Crippen LogP contribution is 2.16. The number of carbonyl (C=O) groups is 1. The Kier molecular flexibility index (Phi) is 5.59. The van der Waals surface area contributed by atoms with E-state index in [1.165, 1.54) is 0 Å². The number of carbonyl (C=O) groups excluding carboxylic acids is 1. The first kappa shape index (κ1) is 15.0. The number of hydrogen-bond donors (Lipinski definition) is 1. The Morgan fingerprint density at radius 2 is 2.50 bits per heavy atom. The van der Waals surface area contributed by atoms with Gasteiger partial charge in [-0.2, -0.15) is 5.10 Å². The van der Waals surface area contributed by atoms with E-state index >= 15 is 0 Å². The first-order chi connectivity index (χ1) is 9.69. The van der Waals surface area contributed by atoms with Crippen molar-refractivity contribution in [3.63, 3.8) is 0 Å². The SMILES string of the molecule is CCCC[C@@H](C)C(=O)Nc1cnn(C[C@H]2CCCO2)c1. The molecule has 1 aromatic rings. The van der Waals surface area contributed by atoms with Gasteiger partial charge in [0.05, 0.1) is 24.5 Å². The topological polar surface area (TPSA) is 56.2 Å². The summed E-state index contributed by atoms with van der Waals surface area (Å²) in [6.07, 6.45) is 9.23. The van der Waals surface area contributed by atoms with Gasteiger partial charge in [0.1, 0.15) is 0 Å². The lowest BCUT2D eigenvalue weighted by Gasteiger charge is -2.10. The third kappa shape index (κ3) is 4.34. The van der Waals surface area contributed by atoms with Gasteiger partial charge in [0.15, 0.2) is 0 Å². The maximum atomic E-state index is 12.0. The van der Waals surface area contributed by atoms with Crippen LogP contribution in [0.2, 0.25) is 0 Å². The zero-order valence-corrected chi connectivity index (χ0v) is 12.5. The van der Waals surface area contributed by atoms with Crippen LogP contribution in [0.1, 0.15) is 46.0 Å². The maximum absolute atomic E-state index is 12.0. The van der Waals surface area contributed by atoms with Crippen LogP contribution in [-0.2, 0) is 16.1 Å². The first-order valence-electron chi connectivity index (χ1n) is 7.64. The molecule has 2 atom stereocenters. The molecule has 0 spiro atoms. The number of nitrogens with one attached hydrogen (secondary N) is 1. The summed E-state index contributed by atoms with van der Waals surface area (Å²) >= 11 is 0. The molecule has 112 valence electrons. The summed E-state index contributed by atoms with van der Waals surface area (Å²) in [5.41, 5.74) is 0.774. The van der Waals surface area contributed by atoms with Gasteiger partial charge in [0, 0.05) is 18.7 Å². The van der Waals surface area contributed by atoms with Crippen LogP contribution in [-0.4, -0.2) is 28.4 Å². The number of nitrogens with zero attached hydrogens (tertiary/aromatic N) is 2. The molecular weight excluding hydrogens is 254 g/mol. The summed E-state index contributed by atoms with van der Waals surface area (Å²) in [5, 5.41) is 7.21. The van der Waals surface area contributed by atoms with Gasteiger partial charge in [0.25, 0.3) is 0 Å². The van der Waals surface area contributed by atoms with E-state index in [1.54, 1.807) is 6.20 Å². The largest absolute Gasteiger partial charge is 0.376 e. The van der Waals surface area contributed by atoms with E-state index in [-0.39, 0.29) is 17.9 Å². The lowest BCUT2D eigenvalue weighted by Crippen LogP contribution is -2.20. The summed E-state index contributed by atoms with van der Waals surface area (Å²) in [7, 11) is 0. The lowest BCUT2D eigenvalue weighted by molar-refractivity contribution is -0.119.